The first-order valence-corrected chi connectivity index (χ1v) is 7.59. The van der Waals surface area contributed by atoms with Crippen LogP contribution in [0.2, 0.25) is 0 Å². The predicted octanol–water partition coefficient (Wildman–Crippen LogP) is 2.00. The highest BCUT2D eigenvalue weighted by Gasteiger charge is 2.11. The Morgan fingerprint density at radius 2 is 2.12 bits per heavy atom. The van der Waals surface area contributed by atoms with Crippen molar-refractivity contribution >= 4 is 35.6 Å². The van der Waals surface area contributed by atoms with Crippen LogP contribution in [-0.2, 0) is 13.1 Å². The first-order valence-electron chi connectivity index (χ1n) is 7.59. The van der Waals surface area contributed by atoms with Gasteiger partial charge in [0, 0.05) is 24.7 Å². The monoisotopic (exact) mass is 444 g/mol. The maximum atomic E-state index is 5.93. The first kappa shape index (κ1) is 18.3. The zero-order chi connectivity index (χ0) is 16.1. The van der Waals surface area contributed by atoms with Gasteiger partial charge < -0.3 is 25.1 Å². The molecule has 130 valence electrons. The van der Waals surface area contributed by atoms with E-state index >= 15 is 0 Å². The van der Waals surface area contributed by atoms with Gasteiger partial charge in [0.2, 0.25) is 0 Å². The van der Waals surface area contributed by atoms with Crippen LogP contribution in [0.5, 0.6) is 11.5 Å². The van der Waals surface area contributed by atoms with Crippen LogP contribution in [0.1, 0.15) is 19.2 Å². The number of aryl methyl sites for hydroxylation is 1. The number of ether oxygens (including phenoxy) is 2. The van der Waals surface area contributed by atoms with Gasteiger partial charge in [-0.15, -0.1) is 34.2 Å². The summed E-state index contributed by atoms with van der Waals surface area (Å²) in [7, 11) is 0. The molecule has 24 heavy (non-hydrogen) atoms. The van der Waals surface area contributed by atoms with Crippen molar-refractivity contribution in [2.24, 2.45) is 10.7 Å². The Bertz CT molecular complexity index is 703. The highest BCUT2D eigenvalue weighted by atomic mass is 127. The van der Waals surface area contributed by atoms with Crippen molar-refractivity contribution in [3.05, 3.63) is 30.4 Å². The summed E-state index contributed by atoms with van der Waals surface area (Å²) in [5.41, 5.74) is 6.73. The lowest BCUT2D eigenvalue weighted by molar-refractivity contribution is 0.297. The predicted molar refractivity (Wildman–Crippen MR) is 102 cm³/mol. The number of fused-ring (bicyclic) bond motifs is 1. The maximum Gasteiger partial charge on any atom is 0.193 e. The van der Waals surface area contributed by atoms with Crippen LogP contribution >= 0.6 is 24.0 Å². The minimum absolute atomic E-state index is 0. The number of hydrogen-bond acceptors (Lipinski definition) is 5. The van der Waals surface area contributed by atoms with Gasteiger partial charge in [0.1, 0.15) is 12.9 Å². The molecule has 3 rings (SSSR count). The van der Waals surface area contributed by atoms with Crippen LogP contribution in [0.3, 0.4) is 0 Å². The van der Waals surface area contributed by atoms with Gasteiger partial charge in [-0.3, -0.25) is 0 Å². The fourth-order valence-corrected chi connectivity index (χ4v) is 2.25. The van der Waals surface area contributed by atoms with Gasteiger partial charge in [0.15, 0.2) is 23.3 Å². The van der Waals surface area contributed by atoms with Crippen LogP contribution in [-0.4, -0.2) is 33.9 Å². The molecule has 2 aromatic rings. The lowest BCUT2D eigenvalue weighted by atomic mass is 10.3. The number of aliphatic imine (C=N–C) groups is 1. The molecule has 9 heteroatoms. The average Bonchev–Trinajstić information content (AvgIpc) is 2.89. The second kappa shape index (κ2) is 8.71. The molecule has 1 aromatic carbocycles. The number of anilines is 1. The van der Waals surface area contributed by atoms with Gasteiger partial charge in [-0.25, -0.2) is 4.99 Å². The molecule has 1 aliphatic rings. The number of halogens is 1. The summed E-state index contributed by atoms with van der Waals surface area (Å²) >= 11 is 0. The van der Waals surface area contributed by atoms with E-state index in [0.717, 1.165) is 30.2 Å². The van der Waals surface area contributed by atoms with Crippen LogP contribution in [0.25, 0.3) is 0 Å². The summed E-state index contributed by atoms with van der Waals surface area (Å²) in [5.74, 6) is 2.55. The van der Waals surface area contributed by atoms with Crippen molar-refractivity contribution in [1.82, 2.24) is 14.8 Å². The van der Waals surface area contributed by atoms with Crippen LogP contribution in [0.4, 0.5) is 5.69 Å². The van der Waals surface area contributed by atoms with Crippen molar-refractivity contribution < 1.29 is 9.47 Å². The van der Waals surface area contributed by atoms with Gasteiger partial charge in [0.05, 0.1) is 13.2 Å². The third-order valence-electron chi connectivity index (χ3n) is 3.45. The zero-order valence-electron chi connectivity index (χ0n) is 13.4. The zero-order valence-corrected chi connectivity index (χ0v) is 15.8. The van der Waals surface area contributed by atoms with Gasteiger partial charge in [-0.1, -0.05) is 0 Å². The molecule has 0 atom stereocenters. The highest BCUT2D eigenvalue weighted by molar-refractivity contribution is 14.0. The van der Waals surface area contributed by atoms with Gasteiger partial charge in [0.25, 0.3) is 0 Å². The Morgan fingerprint density at radius 1 is 1.33 bits per heavy atom. The lowest BCUT2D eigenvalue weighted by Crippen LogP contribution is -2.23. The molecular formula is C15H21IN6O2. The fourth-order valence-electron chi connectivity index (χ4n) is 2.25. The minimum Gasteiger partial charge on any atom is -0.490 e. The summed E-state index contributed by atoms with van der Waals surface area (Å²) in [6.45, 7) is 4.51. The third kappa shape index (κ3) is 4.49. The molecular weight excluding hydrogens is 423 g/mol. The number of hydrogen-bond donors (Lipinski definition) is 2. The van der Waals surface area contributed by atoms with Gasteiger partial charge in [-0.05, 0) is 19.1 Å². The normalized spacial score (nSPS) is 13.8. The first-order chi connectivity index (χ1) is 11.3. The van der Waals surface area contributed by atoms with Gasteiger partial charge in [-0.2, -0.15) is 0 Å². The summed E-state index contributed by atoms with van der Waals surface area (Å²) in [6, 6.07) is 5.60. The standard InChI is InChI=1S/C15H20N6O2.HI/c1-2-21-10-18-20-14(21)9-17-15(16)19-11-4-5-12-13(8-11)23-7-3-6-22-12;/h4-5,8,10H,2-3,6-7,9H2,1H3,(H3,16,17,19);1H. The number of aromatic nitrogens is 3. The van der Waals surface area contributed by atoms with Crippen LogP contribution < -0.4 is 20.5 Å². The molecule has 0 fully saturated rings. The van der Waals surface area contributed by atoms with Crippen molar-refractivity contribution in [2.75, 3.05) is 18.5 Å². The average molecular weight is 444 g/mol. The van der Waals surface area contributed by atoms with E-state index in [-0.39, 0.29) is 24.0 Å². The SMILES string of the molecule is CCn1cnnc1CN=C(N)Nc1ccc2c(c1)OCCCO2.I. The summed E-state index contributed by atoms with van der Waals surface area (Å²) < 4.78 is 13.2. The largest absolute Gasteiger partial charge is 0.490 e. The Balaban J connectivity index is 0.00000208. The minimum atomic E-state index is 0. The number of nitrogens with two attached hydrogens (primary N) is 1. The molecule has 0 bridgehead atoms. The molecule has 1 aliphatic heterocycles. The van der Waals surface area contributed by atoms with E-state index < -0.39 is 0 Å². The van der Waals surface area contributed by atoms with Crippen molar-refractivity contribution in [1.29, 1.82) is 0 Å². The lowest BCUT2D eigenvalue weighted by Gasteiger charge is -2.10. The Kier molecular flexibility index (Phi) is 6.64. The number of guanidine groups is 1. The molecule has 0 unspecified atom stereocenters. The van der Waals surface area contributed by atoms with E-state index in [0.29, 0.717) is 31.5 Å². The molecule has 0 saturated heterocycles. The van der Waals surface area contributed by atoms with Crippen molar-refractivity contribution in [2.45, 2.75) is 26.4 Å². The number of rotatable bonds is 4. The molecule has 8 nitrogen and oxygen atoms in total. The van der Waals surface area contributed by atoms with Crippen molar-refractivity contribution in [3.8, 4) is 11.5 Å². The molecule has 2 heterocycles. The fraction of sp³-hybridized carbons (Fsp3) is 0.400. The van der Waals surface area contributed by atoms with Crippen molar-refractivity contribution in [3.63, 3.8) is 0 Å². The Labute approximate surface area is 157 Å². The van der Waals surface area contributed by atoms with E-state index in [1.807, 2.05) is 29.7 Å². The topological polar surface area (TPSA) is 99.6 Å². The Morgan fingerprint density at radius 3 is 2.92 bits per heavy atom. The molecule has 0 aliphatic carbocycles. The molecule has 0 radical (unpaired) electrons. The highest BCUT2D eigenvalue weighted by Crippen LogP contribution is 2.32. The van der Waals surface area contributed by atoms with E-state index in [2.05, 4.69) is 20.5 Å². The van der Waals surface area contributed by atoms with Crippen LogP contribution in [0.15, 0.2) is 29.5 Å². The second-order valence-electron chi connectivity index (χ2n) is 5.07. The molecule has 0 spiro atoms. The molecule has 0 saturated carbocycles. The van der Waals surface area contributed by atoms with E-state index in [9.17, 15) is 0 Å². The molecule has 0 amide bonds. The van der Waals surface area contributed by atoms with Crippen LogP contribution in [0, 0.1) is 0 Å². The smallest absolute Gasteiger partial charge is 0.193 e. The Hall–Kier alpha value is -2.04. The summed E-state index contributed by atoms with van der Waals surface area (Å²) in [4.78, 5) is 4.29. The maximum absolute atomic E-state index is 5.93. The van der Waals surface area contributed by atoms with E-state index in [4.69, 9.17) is 15.2 Å². The third-order valence-corrected chi connectivity index (χ3v) is 3.45. The quantitative estimate of drug-likeness (QED) is 0.425. The summed E-state index contributed by atoms with van der Waals surface area (Å²) in [5, 5.41) is 10.9. The molecule has 3 N–H and O–H groups in total. The van der Waals surface area contributed by atoms with Gasteiger partial charge >= 0.3 is 0 Å². The van der Waals surface area contributed by atoms with E-state index in [1.54, 1.807) is 6.33 Å². The summed E-state index contributed by atoms with van der Waals surface area (Å²) in [6.07, 6.45) is 2.55. The van der Waals surface area contributed by atoms with E-state index in [1.165, 1.54) is 0 Å². The number of benzene rings is 1. The molecule has 1 aromatic heterocycles. The second-order valence-corrected chi connectivity index (χ2v) is 5.07. The number of nitrogens with one attached hydrogen (secondary N) is 1. The number of nitrogens with zero attached hydrogens (tertiary/aromatic N) is 4.